The summed E-state index contributed by atoms with van der Waals surface area (Å²) in [5.41, 5.74) is 0.701. The number of thiophene rings is 1. The summed E-state index contributed by atoms with van der Waals surface area (Å²) in [7, 11) is 1.85. The molecular weight excluding hydrogens is 221 g/mol. The van der Waals surface area contributed by atoms with Crippen LogP contribution in [0.4, 0.5) is 4.39 Å². The van der Waals surface area contributed by atoms with Crippen molar-refractivity contribution in [3.8, 4) is 0 Å². The van der Waals surface area contributed by atoms with Gasteiger partial charge in [-0.15, -0.1) is 11.3 Å². The van der Waals surface area contributed by atoms with Crippen LogP contribution >= 0.6 is 11.3 Å². The Labute approximate surface area is 98.9 Å². The Kier molecular flexibility index (Phi) is 3.36. The van der Waals surface area contributed by atoms with Crippen molar-refractivity contribution in [2.24, 2.45) is 0 Å². The highest BCUT2D eigenvalue weighted by molar-refractivity contribution is 7.12. The molecular formula is C13H14FNS. The van der Waals surface area contributed by atoms with E-state index in [1.165, 1.54) is 10.9 Å². The van der Waals surface area contributed by atoms with Gasteiger partial charge in [0.1, 0.15) is 5.82 Å². The number of aryl methyl sites for hydroxylation is 1. The molecule has 3 heteroatoms. The second kappa shape index (κ2) is 4.76. The number of rotatable bonds is 3. The van der Waals surface area contributed by atoms with Gasteiger partial charge >= 0.3 is 0 Å². The number of benzene rings is 1. The molecule has 0 aliphatic heterocycles. The molecule has 2 rings (SSSR count). The molecule has 0 saturated heterocycles. The molecule has 1 aromatic heterocycles. The standard InChI is InChI=1S/C13H14FNS/c1-9-7-8-12(16-9)13(15-2)10-5-3-4-6-11(10)14/h3-8,13,15H,1-2H3. The van der Waals surface area contributed by atoms with E-state index in [0.717, 1.165) is 4.88 Å². The molecule has 0 fully saturated rings. The van der Waals surface area contributed by atoms with E-state index in [0.29, 0.717) is 5.56 Å². The molecule has 0 aliphatic rings. The molecule has 1 unspecified atom stereocenters. The average Bonchev–Trinajstić information content (AvgIpc) is 2.69. The summed E-state index contributed by atoms with van der Waals surface area (Å²) >= 11 is 1.69. The van der Waals surface area contributed by atoms with E-state index in [-0.39, 0.29) is 11.9 Å². The Bertz CT molecular complexity index is 478. The van der Waals surface area contributed by atoms with Crippen molar-refractivity contribution in [1.82, 2.24) is 5.32 Å². The van der Waals surface area contributed by atoms with Crippen LogP contribution in [-0.4, -0.2) is 7.05 Å². The van der Waals surface area contributed by atoms with E-state index in [1.54, 1.807) is 17.4 Å². The summed E-state index contributed by atoms with van der Waals surface area (Å²) in [5, 5.41) is 3.16. The molecule has 1 atom stereocenters. The number of hydrogen-bond acceptors (Lipinski definition) is 2. The van der Waals surface area contributed by atoms with Crippen LogP contribution in [0.15, 0.2) is 36.4 Å². The van der Waals surface area contributed by atoms with Crippen LogP contribution in [0.1, 0.15) is 21.4 Å². The molecule has 0 amide bonds. The molecule has 84 valence electrons. The van der Waals surface area contributed by atoms with Gasteiger partial charge in [-0.1, -0.05) is 18.2 Å². The highest BCUT2D eigenvalue weighted by Gasteiger charge is 2.16. The lowest BCUT2D eigenvalue weighted by Crippen LogP contribution is -2.17. The molecule has 1 N–H and O–H groups in total. The van der Waals surface area contributed by atoms with Crippen molar-refractivity contribution in [3.05, 3.63) is 57.5 Å². The average molecular weight is 235 g/mol. The first kappa shape index (κ1) is 11.3. The maximum Gasteiger partial charge on any atom is 0.128 e. The van der Waals surface area contributed by atoms with Gasteiger partial charge in [0.25, 0.3) is 0 Å². The summed E-state index contributed by atoms with van der Waals surface area (Å²) in [6, 6.07) is 11.0. The van der Waals surface area contributed by atoms with Gasteiger partial charge in [0.15, 0.2) is 0 Å². The lowest BCUT2D eigenvalue weighted by molar-refractivity contribution is 0.579. The molecule has 1 heterocycles. The third kappa shape index (κ3) is 2.15. The summed E-state index contributed by atoms with van der Waals surface area (Å²) in [4.78, 5) is 2.39. The zero-order valence-corrected chi connectivity index (χ0v) is 10.1. The van der Waals surface area contributed by atoms with Crippen LogP contribution in [0.3, 0.4) is 0 Å². The van der Waals surface area contributed by atoms with Gasteiger partial charge in [-0.25, -0.2) is 4.39 Å². The number of hydrogen-bond donors (Lipinski definition) is 1. The van der Waals surface area contributed by atoms with Gasteiger partial charge in [0.05, 0.1) is 6.04 Å². The summed E-state index contributed by atoms with van der Waals surface area (Å²) in [6.45, 7) is 2.06. The van der Waals surface area contributed by atoms with Crippen LogP contribution < -0.4 is 5.32 Å². The molecule has 0 radical (unpaired) electrons. The first-order valence-electron chi connectivity index (χ1n) is 5.20. The first-order chi connectivity index (χ1) is 7.72. The van der Waals surface area contributed by atoms with E-state index < -0.39 is 0 Å². The molecule has 0 spiro atoms. The summed E-state index contributed by atoms with van der Waals surface area (Å²) in [5.74, 6) is -0.159. The van der Waals surface area contributed by atoms with Crippen LogP contribution in [0.25, 0.3) is 0 Å². The lowest BCUT2D eigenvalue weighted by Gasteiger charge is -2.15. The second-order valence-corrected chi connectivity index (χ2v) is 5.01. The third-order valence-corrected chi connectivity index (χ3v) is 3.62. The minimum Gasteiger partial charge on any atom is -0.309 e. The predicted molar refractivity (Wildman–Crippen MR) is 66.4 cm³/mol. The zero-order valence-electron chi connectivity index (χ0n) is 9.33. The lowest BCUT2D eigenvalue weighted by atomic mass is 10.1. The maximum absolute atomic E-state index is 13.7. The van der Waals surface area contributed by atoms with Gasteiger partial charge in [0, 0.05) is 15.3 Å². The normalized spacial score (nSPS) is 12.7. The Morgan fingerprint density at radius 1 is 1.19 bits per heavy atom. The van der Waals surface area contributed by atoms with Crippen molar-refractivity contribution in [2.75, 3.05) is 7.05 Å². The SMILES string of the molecule is CNC(c1ccc(C)s1)c1ccccc1F. The molecule has 2 aromatic rings. The molecule has 0 saturated carbocycles. The Hall–Kier alpha value is -1.19. The summed E-state index contributed by atoms with van der Waals surface area (Å²) in [6.07, 6.45) is 0. The molecule has 16 heavy (non-hydrogen) atoms. The molecule has 0 bridgehead atoms. The zero-order chi connectivity index (χ0) is 11.5. The van der Waals surface area contributed by atoms with Gasteiger partial charge in [-0.2, -0.15) is 0 Å². The highest BCUT2D eigenvalue weighted by Crippen LogP contribution is 2.29. The largest absolute Gasteiger partial charge is 0.309 e. The van der Waals surface area contributed by atoms with E-state index in [2.05, 4.69) is 18.3 Å². The first-order valence-corrected chi connectivity index (χ1v) is 6.02. The topological polar surface area (TPSA) is 12.0 Å². The second-order valence-electron chi connectivity index (χ2n) is 3.69. The Balaban J connectivity index is 2.40. The van der Waals surface area contributed by atoms with Gasteiger partial charge in [-0.3, -0.25) is 0 Å². The smallest absolute Gasteiger partial charge is 0.128 e. The quantitative estimate of drug-likeness (QED) is 0.858. The summed E-state index contributed by atoms with van der Waals surface area (Å²) < 4.78 is 13.7. The third-order valence-electron chi connectivity index (χ3n) is 2.55. The van der Waals surface area contributed by atoms with Crippen LogP contribution in [0.2, 0.25) is 0 Å². The minimum atomic E-state index is -0.159. The molecule has 1 aromatic carbocycles. The maximum atomic E-state index is 13.7. The molecule has 1 nitrogen and oxygen atoms in total. The Morgan fingerprint density at radius 2 is 1.94 bits per heavy atom. The van der Waals surface area contributed by atoms with Crippen molar-refractivity contribution in [1.29, 1.82) is 0 Å². The number of halogens is 1. The monoisotopic (exact) mass is 235 g/mol. The number of nitrogens with one attached hydrogen (secondary N) is 1. The van der Waals surface area contributed by atoms with E-state index in [4.69, 9.17) is 0 Å². The van der Waals surface area contributed by atoms with Crippen LogP contribution in [0.5, 0.6) is 0 Å². The van der Waals surface area contributed by atoms with Gasteiger partial charge in [-0.05, 0) is 32.2 Å². The van der Waals surface area contributed by atoms with Gasteiger partial charge in [0.2, 0.25) is 0 Å². The van der Waals surface area contributed by atoms with Crippen molar-refractivity contribution in [2.45, 2.75) is 13.0 Å². The fourth-order valence-corrected chi connectivity index (χ4v) is 2.78. The fourth-order valence-electron chi connectivity index (χ4n) is 1.77. The van der Waals surface area contributed by atoms with Crippen LogP contribution in [0, 0.1) is 12.7 Å². The van der Waals surface area contributed by atoms with Crippen molar-refractivity contribution < 1.29 is 4.39 Å². The van der Waals surface area contributed by atoms with Crippen LogP contribution in [-0.2, 0) is 0 Å². The van der Waals surface area contributed by atoms with Crippen molar-refractivity contribution >= 4 is 11.3 Å². The highest BCUT2D eigenvalue weighted by atomic mass is 32.1. The van der Waals surface area contributed by atoms with Crippen molar-refractivity contribution in [3.63, 3.8) is 0 Å². The fraction of sp³-hybridized carbons (Fsp3) is 0.231. The van der Waals surface area contributed by atoms with E-state index in [9.17, 15) is 4.39 Å². The minimum absolute atomic E-state index is 0.0556. The van der Waals surface area contributed by atoms with E-state index >= 15 is 0 Å². The predicted octanol–water partition coefficient (Wildman–Crippen LogP) is 3.50. The molecule has 0 aliphatic carbocycles. The van der Waals surface area contributed by atoms with E-state index in [1.807, 2.05) is 25.2 Å². The van der Waals surface area contributed by atoms with Gasteiger partial charge < -0.3 is 5.32 Å². The Morgan fingerprint density at radius 3 is 2.50 bits per heavy atom.